The quantitative estimate of drug-likeness (QED) is 0.515. The number of aryl methyl sites for hydroxylation is 2. The molecule has 0 aliphatic carbocycles. The summed E-state index contributed by atoms with van der Waals surface area (Å²) in [6.45, 7) is 4.28. The third-order valence-corrected chi connectivity index (χ3v) is 5.88. The molecular weight excluding hydrogens is 280 g/mol. The summed E-state index contributed by atoms with van der Waals surface area (Å²) in [4.78, 5) is 2.60. The van der Waals surface area contributed by atoms with Crippen LogP contribution < -0.4 is 0 Å². The van der Waals surface area contributed by atoms with Crippen LogP contribution in [0.5, 0.6) is 0 Å². The van der Waals surface area contributed by atoms with Gasteiger partial charge in [-0.1, -0.05) is 18.2 Å². The Labute approximate surface area is 120 Å². The van der Waals surface area contributed by atoms with Gasteiger partial charge in [0.25, 0.3) is 0 Å². The van der Waals surface area contributed by atoms with Gasteiger partial charge in [-0.3, -0.25) is 0 Å². The summed E-state index contributed by atoms with van der Waals surface area (Å²) in [6, 6.07) is 10.7. The molecule has 2 heterocycles. The normalized spacial score (nSPS) is 13.1. The van der Waals surface area contributed by atoms with E-state index in [1.54, 1.807) is 22.7 Å². The third-order valence-electron chi connectivity index (χ3n) is 3.09. The molecule has 0 aliphatic rings. The van der Waals surface area contributed by atoms with Crippen LogP contribution in [0.4, 0.5) is 0 Å². The zero-order chi connectivity index (χ0) is 12.7. The first-order valence-electron chi connectivity index (χ1n) is 5.84. The Morgan fingerprint density at radius 2 is 1.94 bits per heavy atom. The van der Waals surface area contributed by atoms with Gasteiger partial charge in [0.2, 0.25) is 0 Å². The van der Waals surface area contributed by atoms with Gasteiger partial charge in [0.1, 0.15) is 0 Å². The number of halogens is 1. The van der Waals surface area contributed by atoms with Crippen molar-refractivity contribution in [2.75, 3.05) is 0 Å². The average molecular weight is 293 g/mol. The van der Waals surface area contributed by atoms with Crippen LogP contribution in [0.3, 0.4) is 0 Å². The first kappa shape index (κ1) is 12.2. The summed E-state index contributed by atoms with van der Waals surface area (Å²) >= 11 is 10.3. The maximum absolute atomic E-state index is 6.69. The summed E-state index contributed by atoms with van der Waals surface area (Å²) in [5.74, 6) is 0. The van der Waals surface area contributed by atoms with Crippen molar-refractivity contribution in [2.24, 2.45) is 0 Å². The molecule has 3 heteroatoms. The molecule has 3 rings (SSSR count). The second kappa shape index (κ2) is 4.69. The molecule has 2 aromatic heterocycles. The molecule has 0 N–H and O–H groups in total. The minimum Gasteiger partial charge on any atom is -0.143 e. The number of benzene rings is 1. The van der Waals surface area contributed by atoms with Gasteiger partial charge in [-0.25, -0.2) is 0 Å². The number of fused-ring (bicyclic) bond motifs is 1. The first-order valence-corrected chi connectivity index (χ1v) is 7.97. The SMILES string of the molecule is Cc1cc(C)c(C(Cl)c2csc3ccccc23)s1. The number of alkyl halides is 1. The molecule has 0 fully saturated rings. The lowest BCUT2D eigenvalue weighted by Crippen LogP contribution is -1.90. The number of rotatable bonds is 2. The summed E-state index contributed by atoms with van der Waals surface area (Å²) < 4.78 is 1.31. The summed E-state index contributed by atoms with van der Waals surface area (Å²) in [6.07, 6.45) is 0. The van der Waals surface area contributed by atoms with E-state index < -0.39 is 0 Å². The highest BCUT2D eigenvalue weighted by Crippen LogP contribution is 2.41. The van der Waals surface area contributed by atoms with Gasteiger partial charge >= 0.3 is 0 Å². The monoisotopic (exact) mass is 292 g/mol. The molecule has 0 saturated carbocycles. The molecule has 1 aromatic carbocycles. The predicted octanol–water partition coefficient (Wildman–Crippen LogP) is 5.91. The van der Waals surface area contributed by atoms with Crippen LogP contribution in [0.1, 0.15) is 26.3 Å². The molecule has 1 atom stereocenters. The van der Waals surface area contributed by atoms with Crippen molar-refractivity contribution in [1.29, 1.82) is 0 Å². The smallest absolute Gasteiger partial charge is 0.0944 e. The first-order chi connectivity index (χ1) is 8.66. The Balaban J connectivity index is 2.12. The molecule has 0 saturated heterocycles. The Bertz CT molecular complexity index is 693. The maximum atomic E-state index is 6.69. The van der Waals surface area contributed by atoms with Crippen LogP contribution in [0.2, 0.25) is 0 Å². The van der Waals surface area contributed by atoms with Gasteiger partial charge in [-0.2, -0.15) is 0 Å². The minimum atomic E-state index is -0.0279. The van der Waals surface area contributed by atoms with Crippen molar-refractivity contribution < 1.29 is 0 Å². The zero-order valence-corrected chi connectivity index (χ0v) is 12.6. The Morgan fingerprint density at radius 3 is 2.67 bits per heavy atom. The van der Waals surface area contributed by atoms with E-state index >= 15 is 0 Å². The maximum Gasteiger partial charge on any atom is 0.0944 e. The van der Waals surface area contributed by atoms with Crippen LogP contribution >= 0.6 is 34.3 Å². The fourth-order valence-electron chi connectivity index (χ4n) is 2.25. The van der Waals surface area contributed by atoms with Crippen molar-refractivity contribution in [3.63, 3.8) is 0 Å². The van der Waals surface area contributed by atoms with Crippen LogP contribution in [-0.4, -0.2) is 0 Å². The largest absolute Gasteiger partial charge is 0.143 e. The van der Waals surface area contributed by atoms with Gasteiger partial charge in [-0.15, -0.1) is 34.3 Å². The summed E-state index contributed by atoms with van der Waals surface area (Å²) in [5, 5.41) is 3.45. The van der Waals surface area contributed by atoms with Crippen LogP contribution in [0.25, 0.3) is 10.1 Å². The molecule has 1 unspecified atom stereocenters. The van der Waals surface area contributed by atoms with Crippen molar-refractivity contribution in [2.45, 2.75) is 19.2 Å². The standard InChI is InChI=1S/C15H13ClS2/c1-9-7-10(2)18-15(9)14(16)12-8-17-13-6-4-3-5-11(12)13/h3-8,14H,1-2H3. The van der Waals surface area contributed by atoms with E-state index in [0.717, 1.165) is 0 Å². The highest BCUT2D eigenvalue weighted by molar-refractivity contribution is 7.17. The molecular formula is C15H13ClS2. The second-order valence-corrected chi connectivity index (χ2v) is 7.09. The molecule has 3 aromatic rings. The van der Waals surface area contributed by atoms with E-state index in [1.165, 1.54) is 31.0 Å². The molecule has 0 spiro atoms. The van der Waals surface area contributed by atoms with E-state index in [-0.39, 0.29) is 5.38 Å². The lowest BCUT2D eigenvalue weighted by molar-refractivity contribution is 1.19. The Morgan fingerprint density at radius 1 is 1.17 bits per heavy atom. The molecule has 18 heavy (non-hydrogen) atoms. The Hall–Kier alpha value is -0.830. The van der Waals surface area contributed by atoms with Gasteiger partial charge < -0.3 is 0 Å². The van der Waals surface area contributed by atoms with Crippen molar-refractivity contribution in [1.82, 2.24) is 0 Å². The van der Waals surface area contributed by atoms with Gasteiger partial charge in [0, 0.05) is 14.5 Å². The molecule has 92 valence electrons. The average Bonchev–Trinajstić information content (AvgIpc) is 2.92. The van der Waals surface area contributed by atoms with Gasteiger partial charge in [0.05, 0.1) is 5.38 Å². The third kappa shape index (κ3) is 1.99. The number of thiophene rings is 2. The minimum absolute atomic E-state index is 0.0279. The van der Waals surface area contributed by atoms with E-state index in [2.05, 4.69) is 49.6 Å². The Kier molecular flexibility index (Phi) is 3.18. The van der Waals surface area contributed by atoms with Crippen molar-refractivity contribution in [3.05, 3.63) is 56.6 Å². The van der Waals surface area contributed by atoms with E-state index in [9.17, 15) is 0 Å². The highest BCUT2D eigenvalue weighted by Gasteiger charge is 2.19. The molecule has 0 bridgehead atoms. The van der Waals surface area contributed by atoms with Crippen LogP contribution in [-0.2, 0) is 0 Å². The molecule has 0 radical (unpaired) electrons. The lowest BCUT2D eigenvalue weighted by atomic mass is 10.1. The van der Waals surface area contributed by atoms with Gasteiger partial charge in [0.15, 0.2) is 0 Å². The van der Waals surface area contributed by atoms with Crippen molar-refractivity contribution >= 4 is 44.4 Å². The van der Waals surface area contributed by atoms with Crippen LogP contribution in [0.15, 0.2) is 35.7 Å². The summed E-state index contributed by atoms with van der Waals surface area (Å²) in [7, 11) is 0. The fourth-order valence-corrected chi connectivity index (χ4v) is 4.83. The summed E-state index contributed by atoms with van der Waals surface area (Å²) in [5.41, 5.74) is 2.54. The van der Waals surface area contributed by atoms with E-state index in [1.807, 2.05) is 0 Å². The predicted molar refractivity (Wildman–Crippen MR) is 83.3 cm³/mol. The number of hydrogen-bond donors (Lipinski definition) is 0. The molecule has 0 aliphatic heterocycles. The molecule has 0 nitrogen and oxygen atoms in total. The zero-order valence-electron chi connectivity index (χ0n) is 10.2. The molecule has 0 amide bonds. The number of hydrogen-bond acceptors (Lipinski definition) is 2. The topological polar surface area (TPSA) is 0 Å². The highest BCUT2D eigenvalue weighted by atomic mass is 35.5. The lowest BCUT2D eigenvalue weighted by Gasteiger charge is -2.08. The van der Waals surface area contributed by atoms with Crippen molar-refractivity contribution in [3.8, 4) is 0 Å². The second-order valence-electron chi connectivity index (χ2n) is 4.45. The van der Waals surface area contributed by atoms with Gasteiger partial charge in [-0.05, 0) is 47.9 Å². The van der Waals surface area contributed by atoms with Crippen LogP contribution in [0, 0.1) is 13.8 Å². The van der Waals surface area contributed by atoms with E-state index in [4.69, 9.17) is 11.6 Å². The fraction of sp³-hybridized carbons (Fsp3) is 0.200. The van der Waals surface area contributed by atoms with E-state index in [0.29, 0.717) is 0 Å².